The summed E-state index contributed by atoms with van der Waals surface area (Å²) in [5.41, 5.74) is 0.507. The van der Waals surface area contributed by atoms with Gasteiger partial charge in [-0.2, -0.15) is 0 Å². The number of carboxylic acid groups (broad SMARTS) is 1. The number of hydrogen-bond donors (Lipinski definition) is 2. The number of aromatic nitrogens is 1. The van der Waals surface area contributed by atoms with E-state index in [1.165, 1.54) is 24.4 Å². The lowest BCUT2D eigenvalue weighted by Crippen LogP contribution is -2.42. The highest BCUT2D eigenvalue weighted by atomic mass is 19.1. The Morgan fingerprint density at radius 2 is 1.88 bits per heavy atom. The minimum atomic E-state index is -0.400. The van der Waals surface area contributed by atoms with Gasteiger partial charge < -0.3 is 19.9 Å². The lowest BCUT2D eigenvalue weighted by Gasteiger charge is -2.35. The quantitative estimate of drug-likeness (QED) is 0.690. The average molecular weight is 455 g/mol. The van der Waals surface area contributed by atoms with Crippen LogP contribution in [-0.2, 0) is 9.59 Å². The van der Waals surface area contributed by atoms with Crippen molar-refractivity contribution in [2.24, 2.45) is 17.8 Å². The fourth-order valence-corrected chi connectivity index (χ4v) is 5.21. The summed E-state index contributed by atoms with van der Waals surface area (Å²) in [4.78, 5) is 52.6. The Hall–Kier alpha value is -3.49. The van der Waals surface area contributed by atoms with Crippen LogP contribution >= 0.6 is 0 Å². The van der Waals surface area contributed by atoms with E-state index >= 15 is 0 Å². The molecule has 0 bridgehead atoms. The standard InChI is InChI=1S/C23H24FN3O3.CH2O2/c24-17-7-2-6-15(10-17)20-19-13-26(23(30)18-8-3-9-25-21(18)28)11-16(19)12-27(20)22(29)14-4-1-5-14;2-1-3/h2-3,6-10,14,16,19-20H,1,4-5,11-13H2,(H,25,28);1H,(H,2,3)/t16-,19-,20-;/m0./s1. The van der Waals surface area contributed by atoms with Gasteiger partial charge in [-0.25, -0.2) is 4.39 Å². The molecule has 3 fully saturated rings. The smallest absolute Gasteiger partial charge is 0.290 e. The van der Waals surface area contributed by atoms with Gasteiger partial charge in [0.05, 0.1) is 6.04 Å². The van der Waals surface area contributed by atoms with E-state index in [4.69, 9.17) is 9.90 Å². The van der Waals surface area contributed by atoms with Crippen LogP contribution in [0.2, 0.25) is 0 Å². The van der Waals surface area contributed by atoms with Crippen LogP contribution < -0.4 is 5.56 Å². The minimum Gasteiger partial charge on any atom is -0.483 e. The molecule has 2 amide bonds. The molecule has 2 aliphatic heterocycles. The number of H-pyrrole nitrogens is 1. The Bertz CT molecular complexity index is 1100. The lowest BCUT2D eigenvalue weighted by atomic mass is 9.83. The zero-order valence-electron chi connectivity index (χ0n) is 18.0. The van der Waals surface area contributed by atoms with Crippen molar-refractivity contribution in [3.8, 4) is 0 Å². The van der Waals surface area contributed by atoms with E-state index in [9.17, 15) is 18.8 Å². The number of benzene rings is 1. The Labute approximate surface area is 190 Å². The highest BCUT2D eigenvalue weighted by Gasteiger charge is 2.51. The van der Waals surface area contributed by atoms with Crippen LogP contribution in [0.15, 0.2) is 47.4 Å². The molecule has 0 spiro atoms. The fraction of sp³-hybridized carbons (Fsp3) is 0.417. The van der Waals surface area contributed by atoms with Crippen LogP contribution in [0.4, 0.5) is 4.39 Å². The van der Waals surface area contributed by atoms with Gasteiger partial charge in [-0.15, -0.1) is 0 Å². The van der Waals surface area contributed by atoms with Crippen molar-refractivity contribution in [3.63, 3.8) is 0 Å². The molecule has 0 unspecified atom stereocenters. The van der Waals surface area contributed by atoms with E-state index in [0.29, 0.717) is 19.6 Å². The molecule has 1 aliphatic carbocycles. The van der Waals surface area contributed by atoms with Crippen molar-refractivity contribution >= 4 is 18.3 Å². The molecule has 9 heteroatoms. The molecule has 3 heterocycles. The van der Waals surface area contributed by atoms with Crippen LogP contribution in [0, 0.1) is 23.6 Å². The Balaban J connectivity index is 0.000000821. The summed E-state index contributed by atoms with van der Waals surface area (Å²) in [7, 11) is 0. The van der Waals surface area contributed by atoms with E-state index in [-0.39, 0.29) is 53.5 Å². The Morgan fingerprint density at radius 3 is 2.52 bits per heavy atom. The maximum Gasteiger partial charge on any atom is 0.290 e. The zero-order valence-corrected chi connectivity index (χ0v) is 18.0. The molecule has 0 radical (unpaired) electrons. The van der Waals surface area contributed by atoms with E-state index in [2.05, 4.69) is 4.98 Å². The van der Waals surface area contributed by atoms with Crippen LogP contribution in [-0.4, -0.2) is 57.8 Å². The zero-order chi connectivity index (χ0) is 23.5. The summed E-state index contributed by atoms with van der Waals surface area (Å²) in [6, 6.07) is 9.37. The largest absolute Gasteiger partial charge is 0.483 e. The third-order valence-electron chi connectivity index (χ3n) is 6.93. The van der Waals surface area contributed by atoms with Gasteiger partial charge >= 0.3 is 0 Å². The van der Waals surface area contributed by atoms with Gasteiger partial charge in [-0.05, 0) is 42.7 Å². The van der Waals surface area contributed by atoms with Gasteiger partial charge in [0.2, 0.25) is 5.91 Å². The molecule has 2 saturated heterocycles. The van der Waals surface area contributed by atoms with E-state index in [1.54, 1.807) is 17.0 Å². The van der Waals surface area contributed by atoms with Gasteiger partial charge in [0, 0.05) is 43.6 Å². The first kappa shape index (κ1) is 22.7. The highest BCUT2D eigenvalue weighted by molar-refractivity contribution is 5.94. The van der Waals surface area contributed by atoms with Crippen molar-refractivity contribution in [3.05, 3.63) is 69.9 Å². The molecule has 1 aromatic carbocycles. The van der Waals surface area contributed by atoms with E-state index in [0.717, 1.165) is 24.8 Å². The topological polar surface area (TPSA) is 111 Å². The van der Waals surface area contributed by atoms with Crippen molar-refractivity contribution < 1.29 is 23.9 Å². The van der Waals surface area contributed by atoms with Crippen molar-refractivity contribution in [2.45, 2.75) is 25.3 Å². The molecule has 3 aliphatic rings. The summed E-state index contributed by atoms with van der Waals surface area (Å²) in [5, 5.41) is 6.89. The summed E-state index contributed by atoms with van der Waals surface area (Å²) in [6.07, 6.45) is 4.42. The molecule has 8 nitrogen and oxygen atoms in total. The van der Waals surface area contributed by atoms with Gasteiger partial charge in [0.1, 0.15) is 11.4 Å². The van der Waals surface area contributed by atoms with Crippen LogP contribution in [0.1, 0.15) is 41.2 Å². The number of aromatic amines is 1. The predicted octanol–water partition coefficient (Wildman–Crippen LogP) is 2.29. The molecule has 2 aromatic rings. The van der Waals surface area contributed by atoms with Gasteiger partial charge in [0.15, 0.2) is 0 Å². The number of pyridine rings is 1. The number of nitrogens with one attached hydrogen (secondary N) is 1. The summed E-state index contributed by atoms with van der Waals surface area (Å²) >= 11 is 0. The SMILES string of the molecule is O=C(c1ccc[nH]c1=O)N1C[C@H]2CN(C(=O)C3CCC3)[C@@H](c3cccc(F)c3)[C@H]2C1.O=CO. The Morgan fingerprint density at radius 1 is 1.12 bits per heavy atom. The van der Waals surface area contributed by atoms with Crippen molar-refractivity contribution in [1.29, 1.82) is 0 Å². The summed E-state index contributed by atoms with van der Waals surface area (Å²) in [6.45, 7) is 1.27. The predicted molar refractivity (Wildman–Crippen MR) is 117 cm³/mol. The molecular formula is C24H26FN3O5. The lowest BCUT2D eigenvalue weighted by molar-refractivity contribution is -0.139. The molecule has 33 heavy (non-hydrogen) atoms. The van der Waals surface area contributed by atoms with Crippen molar-refractivity contribution in [2.75, 3.05) is 19.6 Å². The molecule has 1 saturated carbocycles. The number of rotatable bonds is 3. The normalized spacial score (nSPS) is 23.8. The second-order valence-electron chi connectivity index (χ2n) is 8.77. The van der Waals surface area contributed by atoms with E-state index < -0.39 is 5.56 Å². The second-order valence-corrected chi connectivity index (χ2v) is 8.77. The Kier molecular flexibility index (Phi) is 6.57. The number of fused-ring (bicyclic) bond motifs is 1. The maximum absolute atomic E-state index is 14.0. The van der Waals surface area contributed by atoms with Crippen LogP contribution in [0.25, 0.3) is 0 Å². The number of carbonyl (C=O) groups excluding carboxylic acids is 2. The average Bonchev–Trinajstić information content (AvgIpc) is 3.31. The van der Waals surface area contributed by atoms with Gasteiger partial charge in [-0.3, -0.25) is 19.2 Å². The molecule has 5 rings (SSSR count). The monoisotopic (exact) mass is 455 g/mol. The number of halogens is 1. The molecule has 2 N–H and O–H groups in total. The molecule has 1 aromatic heterocycles. The van der Waals surface area contributed by atoms with Crippen molar-refractivity contribution in [1.82, 2.24) is 14.8 Å². The van der Waals surface area contributed by atoms with Crippen LogP contribution in [0.3, 0.4) is 0 Å². The van der Waals surface area contributed by atoms with Gasteiger partial charge in [-0.1, -0.05) is 18.6 Å². The third-order valence-corrected chi connectivity index (χ3v) is 6.93. The number of amides is 2. The number of carbonyl (C=O) groups is 3. The number of nitrogens with zero attached hydrogens (tertiary/aromatic N) is 2. The third kappa shape index (κ3) is 4.40. The first-order chi connectivity index (χ1) is 15.9. The second kappa shape index (κ2) is 9.56. The molecule has 3 atom stereocenters. The number of hydrogen-bond acceptors (Lipinski definition) is 4. The number of likely N-dealkylation sites (tertiary alicyclic amines) is 2. The summed E-state index contributed by atoms with van der Waals surface area (Å²) in [5.74, 6) is -0.241. The summed E-state index contributed by atoms with van der Waals surface area (Å²) < 4.78 is 14.0. The first-order valence-electron chi connectivity index (χ1n) is 11.0. The van der Waals surface area contributed by atoms with E-state index in [1.807, 2.05) is 11.0 Å². The molecular weight excluding hydrogens is 429 g/mol. The molecule has 174 valence electrons. The first-order valence-corrected chi connectivity index (χ1v) is 11.0. The van der Waals surface area contributed by atoms with Gasteiger partial charge in [0.25, 0.3) is 17.9 Å². The maximum atomic E-state index is 14.0. The highest BCUT2D eigenvalue weighted by Crippen LogP contribution is 2.47. The fourth-order valence-electron chi connectivity index (χ4n) is 5.21. The van der Waals surface area contributed by atoms with Crippen LogP contribution in [0.5, 0.6) is 0 Å². The minimum absolute atomic E-state index is 0.0302.